The summed E-state index contributed by atoms with van der Waals surface area (Å²) in [5, 5.41) is 2.79. The molecule has 7 heteroatoms. The predicted octanol–water partition coefficient (Wildman–Crippen LogP) is 1.69. The average Bonchev–Trinajstić information content (AvgIpc) is 2.48. The molecule has 0 saturated carbocycles. The first-order valence-corrected chi connectivity index (χ1v) is 9.49. The Morgan fingerprint density at radius 1 is 1.22 bits per heavy atom. The van der Waals surface area contributed by atoms with Crippen LogP contribution in [0.25, 0.3) is 0 Å². The highest BCUT2D eigenvalue weighted by atomic mass is 32.2. The quantitative estimate of drug-likeness (QED) is 0.657. The van der Waals surface area contributed by atoms with Crippen LogP contribution in [0, 0.1) is 6.92 Å². The van der Waals surface area contributed by atoms with E-state index >= 15 is 0 Å². The zero-order chi connectivity index (χ0) is 17.3. The first-order chi connectivity index (χ1) is 10.8. The molecule has 1 rings (SSSR count). The number of nitrogens with one attached hydrogen (secondary N) is 1. The van der Waals surface area contributed by atoms with Gasteiger partial charge in [-0.3, -0.25) is 9.10 Å². The topological polar surface area (TPSA) is 75.7 Å². The Morgan fingerprint density at radius 2 is 1.87 bits per heavy atom. The van der Waals surface area contributed by atoms with E-state index in [-0.39, 0.29) is 12.5 Å². The Hall–Kier alpha value is -1.60. The molecule has 0 atom stereocenters. The lowest BCUT2D eigenvalue weighted by molar-refractivity contribution is -0.121. The minimum absolute atomic E-state index is 0.0709. The van der Waals surface area contributed by atoms with E-state index in [9.17, 15) is 13.2 Å². The number of amides is 1. The number of benzene rings is 1. The van der Waals surface area contributed by atoms with Crippen LogP contribution in [0.4, 0.5) is 5.69 Å². The zero-order valence-electron chi connectivity index (χ0n) is 14.0. The number of anilines is 1. The molecule has 1 aromatic carbocycles. The molecule has 6 nitrogen and oxygen atoms in total. The average molecular weight is 342 g/mol. The lowest BCUT2D eigenvalue weighted by Gasteiger charge is -2.22. The van der Waals surface area contributed by atoms with Crippen LogP contribution in [-0.2, 0) is 19.6 Å². The van der Waals surface area contributed by atoms with Crippen molar-refractivity contribution in [3.63, 3.8) is 0 Å². The zero-order valence-corrected chi connectivity index (χ0v) is 14.9. The van der Waals surface area contributed by atoms with Crippen LogP contribution < -0.4 is 9.62 Å². The van der Waals surface area contributed by atoms with Crippen molar-refractivity contribution >= 4 is 21.6 Å². The minimum Gasteiger partial charge on any atom is -0.385 e. The van der Waals surface area contributed by atoms with E-state index in [1.807, 2.05) is 19.1 Å². The summed E-state index contributed by atoms with van der Waals surface area (Å²) in [6, 6.07) is 7.30. The maximum atomic E-state index is 11.9. The number of aryl methyl sites for hydroxylation is 1. The van der Waals surface area contributed by atoms with Crippen molar-refractivity contribution in [2.24, 2.45) is 0 Å². The van der Waals surface area contributed by atoms with Gasteiger partial charge in [-0.2, -0.15) is 0 Å². The van der Waals surface area contributed by atoms with Crippen LogP contribution in [0.1, 0.15) is 24.8 Å². The summed E-state index contributed by atoms with van der Waals surface area (Å²) in [5.41, 5.74) is 1.69. The van der Waals surface area contributed by atoms with Crippen LogP contribution in [0.15, 0.2) is 24.3 Å². The summed E-state index contributed by atoms with van der Waals surface area (Å²) in [4.78, 5) is 11.7. The molecule has 0 aliphatic rings. The second kappa shape index (κ2) is 9.52. The highest BCUT2D eigenvalue weighted by Crippen LogP contribution is 2.18. The molecule has 0 fully saturated rings. The monoisotopic (exact) mass is 342 g/mol. The van der Waals surface area contributed by atoms with E-state index in [1.54, 1.807) is 19.2 Å². The van der Waals surface area contributed by atoms with Crippen LogP contribution in [-0.4, -0.2) is 47.4 Å². The van der Waals surface area contributed by atoms with Crippen molar-refractivity contribution in [1.82, 2.24) is 5.32 Å². The van der Waals surface area contributed by atoms with Crippen LogP contribution in [0.2, 0.25) is 0 Å². The van der Waals surface area contributed by atoms with E-state index in [0.29, 0.717) is 31.7 Å². The fourth-order valence-electron chi connectivity index (χ4n) is 2.11. The first-order valence-electron chi connectivity index (χ1n) is 7.64. The molecule has 0 bridgehead atoms. The SMILES string of the molecule is COCCCNC(=O)CCCN(c1ccc(C)cc1)S(C)(=O)=O. The molecule has 0 heterocycles. The third kappa shape index (κ3) is 7.47. The van der Waals surface area contributed by atoms with E-state index in [4.69, 9.17) is 4.74 Å². The fraction of sp³-hybridized carbons (Fsp3) is 0.562. The fourth-order valence-corrected chi connectivity index (χ4v) is 3.08. The summed E-state index contributed by atoms with van der Waals surface area (Å²) in [7, 11) is -1.75. The van der Waals surface area contributed by atoms with Gasteiger partial charge in [-0.05, 0) is 31.9 Å². The van der Waals surface area contributed by atoms with Gasteiger partial charge >= 0.3 is 0 Å². The lowest BCUT2D eigenvalue weighted by Crippen LogP contribution is -2.32. The van der Waals surface area contributed by atoms with Gasteiger partial charge < -0.3 is 10.1 Å². The summed E-state index contributed by atoms with van der Waals surface area (Å²) >= 11 is 0. The van der Waals surface area contributed by atoms with Gasteiger partial charge in [-0.1, -0.05) is 17.7 Å². The number of rotatable bonds is 10. The number of carbonyl (C=O) groups excluding carboxylic acids is 1. The van der Waals surface area contributed by atoms with Crippen molar-refractivity contribution in [1.29, 1.82) is 0 Å². The number of methoxy groups -OCH3 is 1. The molecule has 0 saturated heterocycles. The van der Waals surface area contributed by atoms with Gasteiger partial charge in [0.15, 0.2) is 0 Å². The highest BCUT2D eigenvalue weighted by Gasteiger charge is 2.17. The molecule has 0 unspecified atom stereocenters. The standard InChI is InChI=1S/C16H26N2O4S/c1-14-7-9-15(10-8-14)18(23(3,20)21)12-4-6-16(19)17-11-5-13-22-2/h7-10H,4-6,11-13H2,1-3H3,(H,17,19). The number of sulfonamides is 1. The van der Waals surface area contributed by atoms with Crippen LogP contribution in [0.3, 0.4) is 0 Å². The van der Waals surface area contributed by atoms with Crippen molar-refractivity contribution in [3.8, 4) is 0 Å². The van der Waals surface area contributed by atoms with E-state index in [1.165, 1.54) is 10.6 Å². The second-order valence-electron chi connectivity index (χ2n) is 5.47. The summed E-state index contributed by atoms with van der Waals surface area (Å²) in [6.45, 7) is 3.41. The molecule has 0 aliphatic carbocycles. The largest absolute Gasteiger partial charge is 0.385 e. The third-order valence-corrected chi connectivity index (χ3v) is 4.53. The van der Waals surface area contributed by atoms with Crippen molar-refractivity contribution in [3.05, 3.63) is 29.8 Å². The Morgan fingerprint density at radius 3 is 2.43 bits per heavy atom. The molecule has 23 heavy (non-hydrogen) atoms. The first kappa shape index (κ1) is 19.4. The molecule has 0 aromatic heterocycles. The molecule has 130 valence electrons. The maximum Gasteiger partial charge on any atom is 0.232 e. The number of hydrogen-bond donors (Lipinski definition) is 1. The number of nitrogens with zero attached hydrogens (tertiary/aromatic N) is 1. The normalized spacial score (nSPS) is 11.3. The van der Waals surface area contributed by atoms with E-state index in [0.717, 1.165) is 12.0 Å². The number of ether oxygens (including phenoxy) is 1. The van der Waals surface area contributed by atoms with Crippen molar-refractivity contribution in [2.45, 2.75) is 26.2 Å². The van der Waals surface area contributed by atoms with Gasteiger partial charge in [0.1, 0.15) is 0 Å². The second-order valence-corrected chi connectivity index (χ2v) is 7.38. The smallest absolute Gasteiger partial charge is 0.232 e. The van der Waals surface area contributed by atoms with Crippen LogP contribution in [0.5, 0.6) is 0 Å². The van der Waals surface area contributed by atoms with Crippen molar-refractivity contribution < 1.29 is 17.9 Å². The predicted molar refractivity (Wildman–Crippen MR) is 92.1 cm³/mol. The van der Waals surface area contributed by atoms with E-state index in [2.05, 4.69) is 5.32 Å². The molecule has 1 N–H and O–H groups in total. The molecular weight excluding hydrogens is 316 g/mol. The summed E-state index contributed by atoms with van der Waals surface area (Å²) in [6.07, 6.45) is 2.71. The van der Waals surface area contributed by atoms with Crippen molar-refractivity contribution in [2.75, 3.05) is 37.4 Å². The Kier molecular flexibility index (Phi) is 8.05. The highest BCUT2D eigenvalue weighted by molar-refractivity contribution is 7.92. The molecule has 0 spiro atoms. The van der Waals surface area contributed by atoms with Crippen LogP contribution >= 0.6 is 0 Å². The van der Waals surface area contributed by atoms with Gasteiger partial charge in [-0.15, -0.1) is 0 Å². The van der Waals surface area contributed by atoms with Gasteiger partial charge in [0.2, 0.25) is 15.9 Å². The summed E-state index contributed by atoms with van der Waals surface area (Å²) in [5.74, 6) is -0.0709. The minimum atomic E-state index is -3.37. The lowest BCUT2D eigenvalue weighted by atomic mass is 10.2. The molecule has 0 aliphatic heterocycles. The van der Waals surface area contributed by atoms with Gasteiger partial charge in [0.05, 0.1) is 11.9 Å². The number of hydrogen-bond acceptors (Lipinski definition) is 4. The molecular formula is C16H26N2O4S. The molecule has 0 radical (unpaired) electrons. The number of carbonyl (C=O) groups is 1. The molecule has 1 aromatic rings. The third-order valence-electron chi connectivity index (χ3n) is 3.33. The Balaban J connectivity index is 2.50. The molecule has 1 amide bonds. The van der Waals surface area contributed by atoms with Gasteiger partial charge in [-0.25, -0.2) is 8.42 Å². The van der Waals surface area contributed by atoms with Gasteiger partial charge in [0, 0.05) is 33.2 Å². The Bertz CT molecular complexity index is 585. The summed E-state index contributed by atoms with van der Waals surface area (Å²) < 4.78 is 30.1. The van der Waals surface area contributed by atoms with E-state index < -0.39 is 10.0 Å². The van der Waals surface area contributed by atoms with Gasteiger partial charge in [0.25, 0.3) is 0 Å². The maximum absolute atomic E-state index is 11.9. The Labute approximate surface area is 138 Å².